The number of rotatable bonds is 6. The van der Waals surface area contributed by atoms with E-state index >= 15 is 0 Å². The number of amides is 1. The largest absolute Gasteiger partial charge is 0.405 e. The molecule has 0 saturated heterocycles. The van der Waals surface area contributed by atoms with Crippen molar-refractivity contribution in [1.29, 1.82) is 0 Å². The lowest BCUT2D eigenvalue weighted by Crippen LogP contribution is -2.39. The average Bonchev–Trinajstić information content (AvgIpc) is 2.73. The Bertz CT molecular complexity index is 390. The van der Waals surface area contributed by atoms with Gasteiger partial charge in [0.25, 0.3) is 0 Å². The zero-order valence-electron chi connectivity index (χ0n) is 9.79. The van der Waals surface area contributed by atoms with Gasteiger partial charge in [-0.05, 0) is 6.92 Å². The molecule has 0 aliphatic carbocycles. The second-order valence-electron chi connectivity index (χ2n) is 3.53. The Morgan fingerprint density at radius 1 is 1.50 bits per heavy atom. The maximum absolute atomic E-state index is 11.8. The number of halogens is 3. The first kappa shape index (κ1) is 14.4. The summed E-state index contributed by atoms with van der Waals surface area (Å²) in [5.74, 6) is -0.0870. The van der Waals surface area contributed by atoms with E-state index in [1.165, 1.54) is 0 Å². The van der Waals surface area contributed by atoms with Crippen molar-refractivity contribution in [3.05, 3.63) is 12.2 Å². The summed E-state index contributed by atoms with van der Waals surface area (Å²) in [5.41, 5.74) is 0. The van der Waals surface area contributed by atoms with Crippen LogP contribution >= 0.6 is 0 Å². The number of carbonyl (C=O) groups is 1. The minimum Gasteiger partial charge on any atom is -0.346 e. The van der Waals surface area contributed by atoms with Gasteiger partial charge in [-0.15, -0.1) is 10.2 Å². The molecule has 18 heavy (non-hydrogen) atoms. The van der Waals surface area contributed by atoms with Gasteiger partial charge in [0.05, 0.1) is 13.1 Å². The second-order valence-corrected chi connectivity index (χ2v) is 3.53. The van der Waals surface area contributed by atoms with Crippen LogP contribution in [-0.2, 0) is 17.9 Å². The van der Waals surface area contributed by atoms with Crippen LogP contribution in [-0.4, -0.2) is 39.9 Å². The molecule has 1 heterocycles. The molecule has 0 unspecified atom stereocenters. The van der Waals surface area contributed by atoms with Crippen LogP contribution in [0.25, 0.3) is 0 Å². The Morgan fingerprint density at radius 3 is 2.83 bits per heavy atom. The van der Waals surface area contributed by atoms with Crippen LogP contribution in [0.1, 0.15) is 12.7 Å². The van der Waals surface area contributed by atoms with Crippen LogP contribution in [0.15, 0.2) is 6.33 Å². The van der Waals surface area contributed by atoms with E-state index in [-0.39, 0.29) is 13.1 Å². The van der Waals surface area contributed by atoms with Gasteiger partial charge in [0.15, 0.2) is 0 Å². The number of nitrogens with one attached hydrogen (secondary N) is 2. The van der Waals surface area contributed by atoms with E-state index in [4.69, 9.17) is 0 Å². The lowest BCUT2D eigenvalue weighted by atomic mass is 10.5. The van der Waals surface area contributed by atoms with Crippen molar-refractivity contribution in [3.63, 3.8) is 0 Å². The molecule has 1 aromatic heterocycles. The van der Waals surface area contributed by atoms with E-state index in [1.807, 2.05) is 6.92 Å². The first-order chi connectivity index (χ1) is 8.42. The molecule has 2 N–H and O–H groups in total. The number of aryl methyl sites for hydroxylation is 1. The minimum atomic E-state index is -4.39. The van der Waals surface area contributed by atoms with Crippen molar-refractivity contribution >= 4 is 5.91 Å². The fraction of sp³-hybridized carbons (Fsp3) is 0.667. The normalized spacial score (nSPS) is 11.6. The number of nitrogens with zero attached hydrogens (tertiary/aromatic N) is 3. The molecule has 0 spiro atoms. The van der Waals surface area contributed by atoms with Crippen LogP contribution < -0.4 is 10.6 Å². The van der Waals surface area contributed by atoms with Gasteiger partial charge in [-0.2, -0.15) is 13.2 Å². The van der Waals surface area contributed by atoms with Gasteiger partial charge in [-0.25, -0.2) is 0 Å². The van der Waals surface area contributed by atoms with Crippen LogP contribution in [0, 0.1) is 0 Å². The Labute approximate surface area is 102 Å². The van der Waals surface area contributed by atoms with Crippen molar-refractivity contribution in [2.45, 2.75) is 26.2 Å². The molecule has 0 saturated carbocycles. The molecule has 0 radical (unpaired) electrons. The smallest absolute Gasteiger partial charge is 0.346 e. The van der Waals surface area contributed by atoms with Gasteiger partial charge in [0.2, 0.25) is 5.91 Å². The molecule has 1 aromatic rings. The van der Waals surface area contributed by atoms with E-state index < -0.39 is 18.6 Å². The van der Waals surface area contributed by atoms with Crippen molar-refractivity contribution in [2.24, 2.45) is 0 Å². The summed E-state index contributed by atoms with van der Waals surface area (Å²) in [6.45, 7) is 1.34. The maximum Gasteiger partial charge on any atom is 0.405 e. The molecular weight excluding hydrogens is 251 g/mol. The average molecular weight is 265 g/mol. The second kappa shape index (κ2) is 6.34. The number of aromatic nitrogens is 3. The van der Waals surface area contributed by atoms with Crippen molar-refractivity contribution in [1.82, 2.24) is 25.4 Å². The first-order valence-electron chi connectivity index (χ1n) is 5.33. The highest BCUT2D eigenvalue weighted by atomic mass is 19.4. The molecule has 1 amide bonds. The van der Waals surface area contributed by atoms with E-state index in [2.05, 4.69) is 15.5 Å². The number of hydrogen-bond donors (Lipinski definition) is 2. The third kappa shape index (κ3) is 5.13. The van der Waals surface area contributed by atoms with E-state index in [1.54, 1.807) is 16.2 Å². The van der Waals surface area contributed by atoms with Crippen molar-refractivity contribution in [2.75, 3.05) is 13.1 Å². The zero-order chi connectivity index (χ0) is 13.6. The minimum absolute atomic E-state index is 0.202. The van der Waals surface area contributed by atoms with Crippen LogP contribution in [0.2, 0.25) is 0 Å². The molecule has 9 heteroatoms. The molecule has 0 aliphatic heterocycles. The number of alkyl halides is 3. The maximum atomic E-state index is 11.8. The third-order valence-electron chi connectivity index (χ3n) is 2.09. The molecule has 0 bridgehead atoms. The Hall–Kier alpha value is -1.64. The fourth-order valence-corrected chi connectivity index (χ4v) is 1.23. The SMILES string of the molecule is CCn1cnnc1CNCC(=O)NCC(F)(F)F. The van der Waals surface area contributed by atoms with E-state index in [0.717, 1.165) is 0 Å². The molecule has 0 fully saturated rings. The van der Waals surface area contributed by atoms with Gasteiger partial charge in [0.1, 0.15) is 18.7 Å². The summed E-state index contributed by atoms with van der Waals surface area (Å²) in [7, 11) is 0. The lowest BCUT2D eigenvalue weighted by Gasteiger charge is -2.09. The van der Waals surface area contributed by atoms with Gasteiger partial charge in [-0.3, -0.25) is 4.79 Å². The van der Waals surface area contributed by atoms with E-state index in [9.17, 15) is 18.0 Å². The highest BCUT2D eigenvalue weighted by Crippen LogP contribution is 2.11. The van der Waals surface area contributed by atoms with Crippen LogP contribution in [0.5, 0.6) is 0 Å². The van der Waals surface area contributed by atoms with Crippen LogP contribution in [0.4, 0.5) is 13.2 Å². The summed E-state index contributed by atoms with van der Waals surface area (Å²) in [4.78, 5) is 11.1. The molecule has 0 aliphatic rings. The van der Waals surface area contributed by atoms with E-state index in [0.29, 0.717) is 12.4 Å². The molecular formula is C9H14F3N5O. The summed E-state index contributed by atoms with van der Waals surface area (Å²) in [5, 5.41) is 11.9. The molecule has 102 valence electrons. The third-order valence-corrected chi connectivity index (χ3v) is 2.09. The summed E-state index contributed by atoms with van der Waals surface area (Å²) < 4.78 is 37.2. The Kier molecular flexibility index (Phi) is 5.08. The molecule has 0 atom stereocenters. The monoisotopic (exact) mass is 265 g/mol. The summed E-state index contributed by atoms with van der Waals surface area (Å²) >= 11 is 0. The zero-order valence-corrected chi connectivity index (χ0v) is 9.79. The molecule has 6 nitrogen and oxygen atoms in total. The topological polar surface area (TPSA) is 71.8 Å². The van der Waals surface area contributed by atoms with Crippen LogP contribution in [0.3, 0.4) is 0 Å². The predicted molar refractivity (Wildman–Crippen MR) is 56.5 cm³/mol. The van der Waals surface area contributed by atoms with Gasteiger partial charge >= 0.3 is 6.18 Å². The van der Waals surface area contributed by atoms with Crippen molar-refractivity contribution < 1.29 is 18.0 Å². The Morgan fingerprint density at radius 2 is 2.22 bits per heavy atom. The van der Waals surface area contributed by atoms with Crippen molar-refractivity contribution in [3.8, 4) is 0 Å². The first-order valence-corrected chi connectivity index (χ1v) is 5.33. The fourth-order valence-electron chi connectivity index (χ4n) is 1.23. The highest BCUT2D eigenvalue weighted by molar-refractivity contribution is 5.77. The molecule has 0 aromatic carbocycles. The lowest BCUT2D eigenvalue weighted by molar-refractivity contribution is -0.137. The number of carbonyl (C=O) groups excluding carboxylic acids is 1. The van der Waals surface area contributed by atoms with Gasteiger partial charge < -0.3 is 15.2 Å². The molecule has 1 rings (SSSR count). The summed E-state index contributed by atoms with van der Waals surface area (Å²) in [6, 6.07) is 0. The highest BCUT2D eigenvalue weighted by Gasteiger charge is 2.27. The summed E-state index contributed by atoms with van der Waals surface area (Å²) in [6.07, 6.45) is -2.85. The number of hydrogen-bond acceptors (Lipinski definition) is 4. The standard InChI is InChI=1S/C9H14F3N5O/c1-2-17-6-15-16-7(17)3-13-4-8(18)14-5-9(10,11)12/h6,13H,2-5H2,1H3,(H,14,18). The Balaban J connectivity index is 2.24. The predicted octanol–water partition coefficient (Wildman–Crippen LogP) is 0.0661. The quantitative estimate of drug-likeness (QED) is 0.763. The van der Waals surface area contributed by atoms with Gasteiger partial charge in [-0.1, -0.05) is 0 Å². The van der Waals surface area contributed by atoms with Gasteiger partial charge in [0, 0.05) is 6.54 Å².